The molecule has 0 N–H and O–H groups in total. The van der Waals surface area contributed by atoms with Gasteiger partial charge in [-0.15, -0.1) is 0 Å². The van der Waals surface area contributed by atoms with E-state index >= 15 is 0 Å². The van der Waals surface area contributed by atoms with E-state index < -0.39 is 0 Å². The number of nitrogens with zero attached hydrogens (tertiary/aromatic N) is 1. The summed E-state index contributed by atoms with van der Waals surface area (Å²) in [6.45, 7) is 0.925. The average molecular weight is 226 g/mol. The third-order valence-corrected chi connectivity index (χ3v) is 2.11. The minimum absolute atomic E-state index is 0. The SMILES string of the molecule is C[N+](C)(C)Cc1cc2ccccc2o1.[Cl-]. The van der Waals surface area contributed by atoms with Gasteiger partial charge in [-0.25, -0.2) is 0 Å². The van der Waals surface area contributed by atoms with Gasteiger partial charge in [-0.1, -0.05) is 18.2 Å². The van der Waals surface area contributed by atoms with Crippen LogP contribution in [0.4, 0.5) is 0 Å². The van der Waals surface area contributed by atoms with Crippen LogP contribution in [0.15, 0.2) is 34.7 Å². The average Bonchev–Trinajstić information content (AvgIpc) is 2.42. The van der Waals surface area contributed by atoms with Crippen molar-refractivity contribution in [2.75, 3.05) is 21.1 Å². The van der Waals surface area contributed by atoms with Gasteiger partial charge in [-0.2, -0.15) is 0 Å². The standard InChI is InChI=1S/C12H16NO.ClH/c1-13(2,3)9-11-8-10-6-4-5-7-12(10)14-11;/h4-8H,9H2,1-3H3;1H/q+1;/p-1. The molecule has 0 aliphatic heterocycles. The summed E-state index contributed by atoms with van der Waals surface area (Å²) in [4.78, 5) is 0. The summed E-state index contributed by atoms with van der Waals surface area (Å²) in [6.07, 6.45) is 0. The molecule has 0 amide bonds. The van der Waals surface area contributed by atoms with Crippen molar-refractivity contribution in [2.45, 2.75) is 6.54 Å². The molecular weight excluding hydrogens is 210 g/mol. The lowest BCUT2D eigenvalue weighted by Gasteiger charge is -2.22. The number of rotatable bonds is 2. The molecule has 1 heterocycles. The fourth-order valence-electron chi connectivity index (χ4n) is 1.58. The molecule has 0 saturated carbocycles. The largest absolute Gasteiger partial charge is 1.00 e. The van der Waals surface area contributed by atoms with Crippen LogP contribution < -0.4 is 12.4 Å². The predicted molar refractivity (Wildman–Crippen MR) is 58.0 cm³/mol. The van der Waals surface area contributed by atoms with Crippen LogP contribution >= 0.6 is 0 Å². The number of benzene rings is 1. The third-order valence-electron chi connectivity index (χ3n) is 2.11. The van der Waals surface area contributed by atoms with Crippen LogP contribution in [0.5, 0.6) is 0 Å². The Labute approximate surface area is 96.5 Å². The van der Waals surface area contributed by atoms with E-state index in [1.807, 2.05) is 18.2 Å². The van der Waals surface area contributed by atoms with Crippen LogP contribution in [0.25, 0.3) is 11.0 Å². The molecule has 0 aliphatic rings. The highest BCUT2D eigenvalue weighted by molar-refractivity contribution is 5.77. The second-order valence-electron chi connectivity index (χ2n) is 4.70. The molecular formula is C12H16ClNO. The molecule has 3 heteroatoms. The van der Waals surface area contributed by atoms with Gasteiger partial charge < -0.3 is 21.3 Å². The summed E-state index contributed by atoms with van der Waals surface area (Å²) in [7, 11) is 6.48. The zero-order chi connectivity index (χ0) is 10.2. The third kappa shape index (κ3) is 2.98. The van der Waals surface area contributed by atoms with E-state index in [0.29, 0.717) is 0 Å². The van der Waals surface area contributed by atoms with E-state index in [1.54, 1.807) is 0 Å². The van der Waals surface area contributed by atoms with Crippen molar-refractivity contribution in [1.82, 2.24) is 0 Å². The van der Waals surface area contributed by atoms with Gasteiger partial charge in [0, 0.05) is 5.39 Å². The van der Waals surface area contributed by atoms with Crippen LogP contribution in [0, 0.1) is 0 Å². The highest BCUT2D eigenvalue weighted by atomic mass is 35.5. The van der Waals surface area contributed by atoms with Gasteiger partial charge in [0.2, 0.25) is 0 Å². The van der Waals surface area contributed by atoms with Crippen LogP contribution in [-0.4, -0.2) is 25.6 Å². The summed E-state index contributed by atoms with van der Waals surface area (Å²) >= 11 is 0. The van der Waals surface area contributed by atoms with Crippen molar-refractivity contribution in [3.8, 4) is 0 Å². The molecule has 0 fully saturated rings. The van der Waals surface area contributed by atoms with E-state index in [1.165, 1.54) is 5.39 Å². The minimum atomic E-state index is 0. The first-order chi connectivity index (χ1) is 6.54. The van der Waals surface area contributed by atoms with Gasteiger partial charge in [-0.05, 0) is 12.1 Å². The summed E-state index contributed by atoms with van der Waals surface area (Å²) in [5, 5.41) is 1.19. The van der Waals surface area contributed by atoms with Crippen molar-refractivity contribution in [3.05, 3.63) is 36.1 Å². The first-order valence-corrected chi connectivity index (χ1v) is 4.82. The summed E-state index contributed by atoms with van der Waals surface area (Å²) in [6, 6.07) is 10.3. The molecule has 2 nitrogen and oxygen atoms in total. The van der Waals surface area contributed by atoms with E-state index in [-0.39, 0.29) is 12.4 Å². The molecule has 2 aromatic rings. The fourth-order valence-corrected chi connectivity index (χ4v) is 1.58. The Bertz CT molecular complexity index is 409. The smallest absolute Gasteiger partial charge is 0.159 e. The maximum Gasteiger partial charge on any atom is 0.159 e. The molecule has 2 rings (SSSR count). The molecule has 15 heavy (non-hydrogen) atoms. The lowest BCUT2D eigenvalue weighted by molar-refractivity contribution is -0.884. The molecule has 0 atom stereocenters. The van der Waals surface area contributed by atoms with Crippen LogP contribution in [0.1, 0.15) is 5.76 Å². The number of hydrogen-bond donors (Lipinski definition) is 0. The van der Waals surface area contributed by atoms with Crippen molar-refractivity contribution >= 4 is 11.0 Å². The Morgan fingerprint density at radius 3 is 2.40 bits per heavy atom. The van der Waals surface area contributed by atoms with Crippen LogP contribution in [0.3, 0.4) is 0 Å². The van der Waals surface area contributed by atoms with Gasteiger partial charge in [0.05, 0.1) is 21.1 Å². The number of para-hydroxylation sites is 1. The zero-order valence-electron chi connectivity index (χ0n) is 9.33. The molecule has 82 valence electrons. The molecule has 0 unspecified atom stereocenters. The van der Waals surface area contributed by atoms with Crippen molar-refractivity contribution in [1.29, 1.82) is 0 Å². The molecule has 0 bridgehead atoms. The monoisotopic (exact) mass is 225 g/mol. The maximum absolute atomic E-state index is 5.73. The minimum Gasteiger partial charge on any atom is -1.00 e. The van der Waals surface area contributed by atoms with Gasteiger partial charge in [0.1, 0.15) is 12.1 Å². The second-order valence-corrected chi connectivity index (χ2v) is 4.70. The highest BCUT2D eigenvalue weighted by Gasteiger charge is 2.12. The number of quaternary nitrogens is 1. The quantitative estimate of drug-likeness (QED) is 0.637. The molecule has 0 radical (unpaired) electrons. The highest BCUT2D eigenvalue weighted by Crippen LogP contribution is 2.20. The predicted octanol–water partition coefficient (Wildman–Crippen LogP) is -0.357. The van der Waals surface area contributed by atoms with Crippen LogP contribution in [0.2, 0.25) is 0 Å². The summed E-state index contributed by atoms with van der Waals surface area (Å²) in [5.41, 5.74) is 0.982. The van der Waals surface area contributed by atoms with Gasteiger partial charge in [0.25, 0.3) is 0 Å². The zero-order valence-corrected chi connectivity index (χ0v) is 10.1. The number of hydrogen-bond acceptors (Lipinski definition) is 1. The van der Waals surface area contributed by atoms with E-state index in [0.717, 1.165) is 22.4 Å². The first-order valence-electron chi connectivity index (χ1n) is 4.82. The Morgan fingerprint density at radius 2 is 1.80 bits per heavy atom. The van der Waals surface area contributed by atoms with Crippen molar-refractivity contribution < 1.29 is 21.3 Å². The Balaban J connectivity index is 0.00000112. The molecule has 1 aromatic carbocycles. The number of furan rings is 1. The summed E-state index contributed by atoms with van der Waals surface area (Å²) in [5.74, 6) is 1.05. The Kier molecular flexibility index (Phi) is 3.42. The number of halogens is 1. The molecule has 0 saturated heterocycles. The van der Waals surface area contributed by atoms with Crippen molar-refractivity contribution in [3.63, 3.8) is 0 Å². The maximum atomic E-state index is 5.73. The van der Waals surface area contributed by atoms with E-state index in [9.17, 15) is 0 Å². The molecule has 0 spiro atoms. The van der Waals surface area contributed by atoms with Gasteiger partial charge >= 0.3 is 0 Å². The van der Waals surface area contributed by atoms with E-state index in [4.69, 9.17) is 4.42 Å². The Morgan fingerprint density at radius 1 is 1.13 bits per heavy atom. The van der Waals surface area contributed by atoms with E-state index in [2.05, 4.69) is 33.3 Å². The lowest BCUT2D eigenvalue weighted by Crippen LogP contribution is -3.00. The topological polar surface area (TPSA) is 13.1 Å². The number of fused-ring (bicyclic) bond motifs is 1. The first kappa shape index (κ1) is 12.1. The summed E-state index contributed by atoms with van der Waals surface area (Å²) < 4.78 is 6.62. The van der Waals surface area contributed by atoms with Gasteiger partial charge in [0.15, 0.2) is 5.76 Å². The lowest BCUT2D eigenvalue weighted by atomic mass is 10.2. The van der Waals surface area contributed by atoms with Gasteiger partial charge in [-0.3, -0.25) is 0 Å². The molecule has 0 aliphatic carbocycles. The second kappa shape index (κ2) is 4.25. The van der Waals surface area contributed by atoms with Crippen LogP contribution in [-0.2, 0) is 6.54 Å². The molecule has 1 aromatic heterocycles. The normalized spacial score (nSPS) is 11.4. The van der Waals surface area contributed by atoms with Crippen molar-refractivity contribution in [2.24, 2.45) is 0 Å². The fraction of sp³-hybridized carbons (Fsp3) is 0.333. The Hall–Kier alpha value is -0.990.